The summed E-state index contributed by atoms with van der Waals surface area (Å²) in [6.45, 7) is 3.78. The molecular formula is C20H25NO3. The molecule has 2 rings (SSSR count). The minimum atomic E-state index is -0.0155. The molecule has 0 aliphatic carbocycles. The number of methoxy groups -OCH3 is 1. The molecule has 0 heterocycles. The van der Waals surface area contributed by atoms with Crippen LogP contribution in [0.3, 0.4) is 0 Å². The number of hydrogen-bond donors (Lipinski definition) is 0. The fraction of sp³-hybridized carbons (Fsp3) is 0.350. The van der Waals surface area contributed by atoms with E-state index in [4.69, 9.17) is 9.47 Å². The molecule has 2 aromatic carbocycles. The number of ether oxygens (including phenoxy) is 2. The van der Waals surface area contributed by atoms with Crippen LogP contribution >= 0.6 is 0 Å². The van der Waals surface area contributed by atoms with Crippen LogP contribution < -0.4 is 4.74 Å². The molecule has 128 valence electrons. The largest absolute Gasteiger partial charge is 0.496 e. The van der Waals surface area contributed by atoms with E-state index in [0.29, 0.717) is 25.3 Å². The second kappa shape index (κ2) is 9.08. The van der Waals surface area contributed by atoms with Crippen LogP contribution in [0.15, 0.2) is 48.5 Å². The summed E-state index contributed by atoms with van der Waals surface area (Å²) in [6, 6.07) is 15.4. The highest BCUT2D eigenvalue weighted by Crippen LogP contribution is 2.22. The maximum atomic E-state index is 12.7. The van der Waals surface area contributed by atoms with Crippen molar-refractivity contribution in [2.75, 3.05) is 20.8 Å². The second-order valence-corrected chi connectivity index (χ2v) is 5.73. The first-order valence-corrected chi connectivity index (χ1v) is 8.19. The zero-order chi connectivity index (χ0) is 17.4. The van der Waals surface area contributed by atoms with Crippen LogP contribution in [0.2, 0.25) is 0 Å². The first kappa shape index (κ1) is 18.0. The summed E-state index contributed by atoms with van der Waals surface area (Å²) in [5.41, 5.74) is 2.64. The number of carbonyl (C=O) groups excluding carboxylic acids is 1. The Bertz CT molecular complexity index is 655. The molecule has 2 aromatic rings. The molecule has 0 spiro atoms. The molecule has 0 N–H and O–H groups in total. The summed E-state index contributed by atoms with van der Waals surface area (Å²) >= 11 is 0. The molecule has 0 bridgehead atoms. The highest BCUT2D eigenvalue weighted by Gasteiger charge is 2.14. The van der Waals surface area contributed by atoms with Crippen molar-refractivity contribution in [3.05, 3.63) is 65.2 Å². The van der Waals surface area contributed by atoms with Crippen LogP contribution in [0.4, 0.5) is 0 Å². The average Bonchev–Trinajstić information content (AvgIpc) is 2.62. The SMILES string of the molecule is CCCOCc1cc(C(=O)N(C)Cc2ccccc2)ccc1OC. The Hall–Kier alpha value is -2.33. The summed E-state index contributed by atoms with van der Waals surface area (Å²) < 4.78 is 11.0. The van der Waals surface area contributed by atoms with Gasteiger partial charge in [0.05, 0.1) is 13.7 Å². The van der Waals surface area contributed by atoms with Crippen LogP contribution in [-0.4, -0.2) is 31.6 Å². The van der Waals surface area contributed by atoms with Gasteiger partial charge >= 0.3 is 0 Å². The molecule has 0 fully saturated rings. The van der Waals surface area contributed by atoms with E-state index in [0.717, 1.165) is 23.3 Å². The normalized spacial score (nSPS) is 10.5. The number of benzene rings is 2. The van der Waals surface area contributed by atoms with Crippen molar-refractivity contribution in [3.8, 4) is 5.75 Å². The molecule has 1 amide bonds. The van der Waals surface area contributed by atoms with E-state index in [1.807, 2.05) is 49.5 Å². The van der Waals surface area contributed by atoms with E-state index in [9.17, 15) is 4.79 Å². The molecule has 0 aliphatic heterocycles. The maximum Gasteiger partial charge on any atom is 0.253 e. The topological polar surface area (TPSA) is 38.8 Å². The quantitative estimate of drug-likeness (QED) is 0.690. The van der Waals surface area contributed by atoms with Gasteiger partial charge in [0.1, 0.15) is 5.75 Å². The van der Waals surface area contributed by atoms with E-state index in [1.54, 1.807) is 18.1 Å². The highest BCUT2D eigenvalue weighted by atomic mass is 16.5. The minimum Gasteiger partial charge on any atom is -0.496 e. The first-order chi connectivity index (χ1) is 11.7. The predicted octanol–water partition coefficient (Wildman–Crippen LogP) is 3.89. The van der Waals surface area contributed by atoms with E-state index < -0.39 is 0 Å². The van der Waals surface area contributed by atoms with Gasteiger partial charge in [-0.2, -0.15) is 0 Å². The van der Waals surface area contributed by atoms with Crippen LogP contribution in [0.25, 0.3) is 0 Å². The molecule has 0 atom stereocenters. The van der Waals surface area contributed by atoms with Gasteiger partial charge in [-0.25, -0.2) is 0 Å². The van der Waals surface area contributed by atoms with Gasteiger partial charge in [-0.05, 0) is 30.2 Å². The summed E-state index contributed by atoms with van der Waals surface area (Å²) in [5.74, 6) is 0.728. The third-order valence-electron chi connectivity index (χ3n) is 3.74. The minimum absolute atomic E-state index is 0.0155. The molecular weight excluding hydrogens is 302 g/mol. The zero-order valence-corrected chi connectivity index (χ0v) is 14.6. The summed E-state index contributed by atoms with van der Waals surface area (Å²) in [6.07, 6.45) is 0.959. The standard InChI is InChI=1S/C20H25NO3/c1-4-12-24-15-18-13-17(10-11-19(18)23-3)20(22)21(2)14-16-8-6-5-7-9-16/h5-11,13H,4,12,14-15H2,1-3H3. The second-order valence-electron chi connectivity index (χ2n) is 5.73. The van der Waals surface area contributed by atoms with Crippen molar-refractivity contribution in [1.29, 1.82) is 0 Å². The van der Waals surface area contributed by atoms with E-state index >= 15 is 0 Å². The number of amides is 1. The molecule has 0 saturated heterocycles. The van der Waals surface area contributed by atoms with Gasteiger partial charge in [0, 0.05) is 31.3 Å². The van der Waals surface area contributed by atoms with Crippen molar-refractivity contribution in [3.63, 3.8) is 0 Å². The van der Waals surface area contributed by atoms with Crippen molar-refractivity contribution in [1.82, 2.24) is 4.90 Å². The number of carbonyl (C=O) groups is 1. The lowest BCUT2D eigenvalue weighted by Crippen LogP contribution is -2.26. The highest BCUT2D eigenvalue weighted by molar-refractivity contribution is 5.94. The van der Waals surface area contributed by atoms with Crippen LogP contribution in [0, 0.1) is 0 Å². The van der Waals surface area contributed by atoms with E-state index in [2.05, 4.69) is 6.92 Å². The molecule has 0 aliphatic rings. The maximum absolute atomic E-state index is 12.7. The molecule has 0 radical (unpaired) electrons. The van der Waals surface area contributed by atoms with Crippen LogP contribution in [0.1, 0.15) is 34.8 Å². The summed E-state index contributed by atoms with van der Waals surface area (Å²) in [4.78, 5) is 14.4. The van der Waals surface area contributed by atoms with Gasteiger partial charge in [0.15, 0.2) is 0 Å². The first-order valence-electron chi connectivity index (χ1n) is 8.19. The summed E-state index contributed by atoms with van der Waals surface area (Å²) in [7, 11) is 3.44. The molecule has 4 heteroatoms. The Morgan fingerprint density at radius 2 is 1.88 bits per heavy atom. The predicted molar refractivity (Wildman–Crippen MR) is 95.2 cm³/mol. The van der Waals surface area contributed by atoms with Gasteiger partial charge in [0.2, 0.25) is 0 Å². The van der Waals surface area contributed by atoms with Gasteiger partial charge in [-0.15, -0.1) is 0 Å². The lowest BCUT2D eigenvalue weighted by molar-refractivity contribution is 0.0784. The van der Waals surface area contributed by atoms with Crippen molar-refractivity contribution < 1.29 is 14.3 Å². The average molecular weight is 327 g/mol. The number of rotatable bonds is 8. The smallest absolute Gasteiger partial charge is 0.253 e. The monoisotopic (exact) mass is 327 g/mol. The Morgan fingerprint density at radius 3 is 2.54 bits per heavy atom. The molecule has 24 heavy (non-hydrogen) atoms. The lowest BCUT2D eigenvalue weighted by atomic mass is 10.1. The Morgan fingerprint density at radius 1 is 1.12 bits per heavy atom. The summed E-state index contributed by atoms with van der Waals surface area (Å²) in [5, 5.41) is 0. The third kappa shape index (κ3) is 4.83. The third-order valence-corrected chi connectivity index (χ3v) is 3.74. The number of hydrogen-bond acceptors (Lipinski definition) is 3. The number of nitrogens with zero attached hydrogens (tertiary/aromatic N) is 1. The molecule has 0 unspecified atom stereocenters. The van der Waals surface area contributed by atoms with Crippen molar-refractivity contribution in [2.24, 2.45) is 0 Å². The van der Waals surface area contributed by atoms with Gasteiger partial charge in [-0.1, -0.05) is 37.3 Å². The van der Waals surface area contributed by atoms with Crippen molar-refractivity contribution >= 4 is 5.91 Å². The fourth-order valence-electron chi connectivity index (χ4n) is 2.50. The zero-order valence-electron chi connectivity index (χ0n) is 14.6. The van der Waals surface area contributed by atoms with Crippen LogP contribution in [0.5, 0.6) is 5.75 Å². The molecule has 0 saturated carbocycles. The van der Waals surface area contributed by atoms with E-state index in [-0.39, 0.29) is 5.91 Å². The lowest BCUT2D eigenvalue weighted by Gasteiger charge is -2.18. The van der Waals surface area contributed by atoms with Crippen molar-refractivity contribution in [2.45, 2.75) is 26.5 Å². The molecule has 4 nitrogen and oxygen atoms in total. The van der Waals surface area contributed by atoms with Gasteiger partial charge in [0.25, 0.3) is 5.91 Å². The van der Waals surface area contributed by atoms with E-state index in [1.165, 1.54) is 0 Å². The Kier molecular flexibility index (Phi) is 6.82. The van der Waals surface area contributed by atoms with Crippen LogP contribution in [-0.2, 0) is 17.9 Å². The van der Waals surface area contributed by atoms with Gasteiger partial charge < -0.3 is 14.4 Å². The molecule has 0 aromatic heterocycles. The Labute approximate surface area is 144 Å². The Balaban J connectivity index is 2.11. The fourth-order valence-corrected chi connectivity index (χ4v) is 2.50. The van der Waals surface area contributed by atoms with Gasteiger partial charge in [-0.3, -0.25) is 4.79 Å².